The van der Waals surface area contributed by atoms with E-state index in [9.17, 15) is 4.79 Å². The second kappa shape index (κ2) is 6.37. The molecule has 2 nitrogen and oxygen atoms in total. The van der Waals surface area contributed by atoms with Crippen molar-refractivity contribution in [3.8, 4) is 0 Å². The number of aryl methyl sites for hydroxylation is 2. The lowest BCUT2D eigenvalue weighted by Crippen LogP contribution is -2.47. The number of amides is 1. The minimum Gasteiger partial charge on any atom is -0.350 e. The zero-order valence-electron chi connectivity index (χ0n) is 11.6. The Labute approximate surface area is 118 Å². The van der Waals surface area contributed by atoms with E-state index in [0.717, 1.165) is 17.3 Å². The lowest BCUT2D eigenvalue weighted by Gasteiger charge is -2.27. The van der Waals surface area contributed by atoms with Crippen molar-refractivity contribution in [1.29, 1.82) is 0 Å². The van der Waals surface area contributed by atoms with Gasteiger partial charge in [-0.05, 0) is 38.3 Å². The predicted molar refractivity (Wildman–Crippen MR) is 80.3 cm³/mol. The van der Waals surface area contributed by atoms with Crippen LogP contribution in [0.2, 0.25) is 0 Å². The number of nitrogens with one attached hydrogen (secondary N) is 1. The van der Waals surface area contributed by atoms with E-state index in [1.165, 1.54) is 11.1 Å². The van der Waals surface area contributed by atoms with Gasteiger partial charge in [0.15, 0.2) is 0 Å². The molecule has 1 atom stereocenters. The average molecular weight is 312 g/mol. The van der Waals surface area contributed by atoms with Crippen LogP contribution < -0.4 is 5.32 Å². The van der Waals surface area contributed by atoms with Gasteiger partial charge in [-0.15, -0.1) is 0 Å². The van der Waals surface area contributed by atoms with Gasteiger partial charge in [0, 0.05) is 10.9 Å². The first-order chi connectivity index (χ1) is 8.40. The maximum absolute atomic E-state index is 12.1. The molecule has 18 heavy (non-hydrogen) atoms. The SMILES string of the molecule is CCC(C)(CBr)NC(=O)Cc1cc(C)ccc1C. The summed E-state index contributed by atoms with van der Waals surface area (Å²) < 4.78 is 0. The number of hydrogen-bond donors (Lipinski definition) is 1. The molecule has 1 unspecified atom stereocenters. The van der Waals surface area contributed by atoms with E-state index >= 15 is 0 Å². The lowest BCUT2D eigenvalue weighted by atomic mass is 9.99. The largest absolute Gasteiger partial charge is 0.350 e. The second-order valence-corrected chi connectivity index (χ2v) is 5.76. The van der Waals surface area contributed by atoms with Crippen LogP contribution in [0.3, 0.4) is 0 Å². The topological polar surface area (TPSA) is 29.1 Å². The fraction of sp³-hybridized carbons (Fsp3) is 0.533. The molecule has 0 aliphatic rings. The standard InChI is InChI=1S/C15H22BrNO/c1-5-15(4,10-16)17-14(18)9-13-8-11(2)6-7-12(13)3/h6-8H,5,9-10H2,1-4H3,(H,17,18). The van der Waals surface area contributed by atoms with Crippen molar-refractivity contribution in [2.75, 3.05) is 5.33 Å². The molecule has 0 saturated carbocycles. The molecule has 1 aromatic carbocycles. The molecule has 0 bridgehead atoms. The molecule has 0 fully saturated rings. The highest BCUT2D eigenvalue weighted by Crippen LogP contribution is 2.15. The molecular formula is C15H22BrNO. The van der Waals surface area contributed by atoms with Crippen LogP contribution in [0.5, 0.6) is 0 Å². The van der Waals surface area contributed by atoms with Gasteiger partial charge < -0.3 is 5.32 Å². The predicted octanol–water partition coefficient (Wildman–Crippen LogP) is 3.53. The van der Waals surface area contributed by atoms with Crippen molar-refractivity contribution in [3.63, 3.8) is 0 Å². The van der Waals surface area contributed by atoms with Gasteiger partial charge in [-0.2, -0.15) is 0 Å². The van der Waals surface area contributed by atoms with E-state index in [1.54, 1.807) is 0 Å². The molecule has 0 aliphatic carbocycles. The summed E-state index contributed by atoms with van der Waals surface area (Å²) in [5.41, 5.74) is 3.32. The summed E-state index contributed by atoms with van der Waals surface area (Å²) in [5, 5.41) is 3.87. The molecule has 3 heteroatoms. The van der Waals surface area contributed by atoms with Crippen molar-refractivity contribution in [3.05, 3.63) is 34.9 Å². The van der Waals surface area contributed by atoms with Gasteiger partial charge >= 0.3 is 0 Å². The summed E-state index contributed by atoms with van der Waals surface area (Å²) >= 11 is 3.46. The zero-order chi connectivity index (χ0) is 13.8. The highest BCUT2D eigenvalue weighted by atomic mass is 79.9. The number of hydrogen-bond acceptors (Lipinski definition) is 1. The fourth-order valence-corrected chi connectivity index (χ4v) is 2.30. The van der Waals surface area contributed by atoms with Crippen LogP contribution in [0.15, 0.2) is 18.2 Å². The molecule has 0 heterocycles. The van der Waals surface area contributed by atoms with E-state index in [2.05, 4.69) is 60.2 Å². The van der Waals surface area contributed by atoms with Crippen LogP contribution in [-0.2, 0) is 11.2 Å². The number of halogens is 1. The van der Waals surface area contributed by atoms with Gasteiger partial charge in [0.05, 0.1) is 6.42 Å². The van der Waals surface area contributed by atoms with Gasteiger partial charge in [0.1, 0.15) is 0 Å². The summed E-state index contributed by atoms with van der Waals surface area (Å²) in [6, 6.07) is 6.24. The summed E-state index contributed by atoms with van der Waals surface area (Å²) in [5.74, 6) is 0.0903. The Hall–Kier alpha value is -0.830. The number of alkyl halides is 1. The summed E-state index contributed by atoms with van der Waals surface area (Å²) in [4.78, 5) is 12.1. The molecule has 1 N–H and O–H groups in total. The second-order valence-electron chi connectivity index (χ2n) is 5.20. The third-order valence-electron chi connectivity index (χ3n) is 3.37. The Balaban J connectivity index is 2.73. The smallest absolute Gasteiger partial charge is 0.224 e. The fourth-order valence-electron chi connectivity index (χ4n) is 1.76. The zero-order valence-corrected chi connectivity index (χ0v) is 13.2. The van der Waals surface area contributed by atoms with Crippen molar-refractivity contribution < 1.29 is 4.79 Å². The maximum atomic E-state index is 12.1. The molecular weight excluding hydrogens is 290 g/mol. The third kappa shape index (κ3) is 4.13. The number of benzene rings is 1. The van der Waals surface area contributed by atoms with Gasteiger partial charge in [-0.3, -0.25) is 4.79 Å². The van der Waals surface area contributed by atoms with E-state index in [4.69, 9.17) is 0 Å². The normalized spacial score (nSPS) is 14.1. The van der Waals surface area contributed by atoms with Crippen LogP contribution in [0.4, 0.5) is 0 Å². The van der Waals surface area contributed by atoms with E-state index in [1.807, 2.05) is 6.92 Å². The Morgan fingerprint density at radius 3 is 2.61 bits per heavy atom. The Bertz CT molecular complexity index is 425. The van der Waals surface area contributed by atoms with Gasteiger partial charge in [0.2, 0.25) is 5.91 Å². The van der Waals surface area contributed by atoms with E-state index in [-0.39, 0.29) is 11.4 Å². The molecule has 100 valence electrons. The van der Waals surface area contributed by atoms with Crippen LogP contribution in [0.1, 0.15) is 37.0 Å². The molecule has 0 radical (unpaired) electrons. The van der Waals surface area contributed by atoms with Crippen molar-refractivity contribution in [1.82, 2.24) is 5.32 Å². The van der Waals surface area contributed by atoms with Crippen LogP contribution in [0, 0.1) is 13.8 Å². The molecule has 1 aromatic rings. The summed E-state index contributed by atoms with van der Waals surface area (Å²) in [6.07, 6.45) is 1.37. The van der Waals surface area contributed by atoms with Crippen LogP contribution in [-0.4, -0.2) is 16.8 Å². The molecule has 0 aliphatic heterocycles. The first kappa shape index (κ1) is 15.2. The molecule has 0 aromatic heterocycles. The monoisotopic (exact) mass is 311 g/mol. The molecule has 0 spiro atoms. The highest BCUT2D eigenvalue weighted by Gasteiger charge is 2.22. The molecule has 1 amide bonds. The third-order valence-corrected chi connectivity index (χ3v) is 4.61. The van der Waals surface area contributed by atoms with Gasteiger partial charge in [0.25, 0.3) is 0 Å². The minimum absolute atomic E-state index is 0.0903. The van der Waals surface area contributed by atoms with Crippen molar-refractivity contribution in [2.24, 2.45) is 0 Å². The van der Waals surface area contributed by atoms with Crippen molar-refractivity contribution in [2.45, 2.75) is 46.1 Å². The highest BCUT2D eigenvalue weighted by molar-refractivity contribution is 9.09. The van der Waals surface area contributed by atoms with Gasteiger partial charge in [-0.1, -0.05) is 46.6 Å². The quantitative estimate of drug-likeness (QED) is 0.828. The Morgan fingerprint density at radius 2 is 2.06 bits per heavy atom. The van der Waals surface area contributed by atoms with Crippen molar-refractivity contribution >= 4 is 21.8 Å². The summed E-state index contributed by atoms with van der Waals surface area (Å²) in [7, 11) is 0. The van der Waals surface area contributed by atoms with Crippen LogP contribution in [0.25, 0.3) is 0 Å². The first-order valence-corrected chi connectivity index (χ1v) is 7.45. The van der Waals surface area contributed by atoms with E-state index < -0.39 is 0 Å². The average Bonchev–Trinajstić information content (AvgIpc) is 2.33. The molecule has 0 saturated heterocycles. The molecule has 1 rings (SSSR count). The number of carbonyl (C=O) groups excluding carboxylic acids is 1. The Morgan fingerprint density at radius 1 is 1.39 bits per heavy atom. The Kier molecular flexibility index (Phi) is 5.39. The number of rotatable bonds is 5. The lowest BCUT2D eigenvalue weighted by molar-refractivity contribution is -0.122. The van der Waals surface area contributed by atoms with Gasteiger partial charge in [-0.25, -0.2) is 0 Å². The summed E-state index contributed by atoms with van der Waals surface area (Å²) in [6.45, 7) is 8.24. The van der Waals surface area contributed by atoms with E-state index in [0.29, 0.717) is 6.42 Å². The minimum atomic E-state index is -0.158. The maximum Gasteiger partial charge on any atom is 0.224 e. The first-order valence-electron chi connectivity index (χ1n) is 6.33. The number of carbonyl (C=O) groups is 1. The van der Waals surface area contributed by atoms with Crippen LogP contribution >= 0.6 is 15.9 Å².